The van der Waals surface area contributed by atoms with E-state index in [-0.39, 0.29) is 5.56 Å². The Morgan fingerprint density at radius 1 is 1.07 bits per heavy atom. The molecule has 5 nitrogen and oxygen atoms in total. The topological polar surface area (TPSA) is 76.7 Å². The van der Waals surface area contributed by atoms with Crippen LogP contribution in [0, 0.1) is 13.8 Å². The minimum atomic E-state index is -0.0340. The minimum absolute atomic E-state index is 0.0340. The molecule has 144 valence electrons. The minimum Gasteiger partial charge on any atom is -0.360 e. The third-order valence-electron chi connectivity index (χ3n) is 5.49. The van der Waals surface area contributed by atoms with E-state index in [1.54, 1.807) is 0 Å². The zero-order chi connectivity index (χ0) is 19.7. The number of aryl methyl sites for hydroxylation is 3. The summed E-state index contributed by atoms with van der Waals surface area (Å²) in [5.41, 5.74) is 12.1. The summed E-state index contributed by atoms with van der Waals surface area (Å²) in [7, 11) is 0. The number of H-pyrrole nitrogens is 1. The number of nitrogens with zero attached hydrogens (tertiary/aromatic N) is 2. The second kappa shape index (κ2) is 7.60. The Morgan fingerprint density at radius 3 is 2.68 bits per heavy atom. The van der Waals surface area contributed by atoms with Crippen LogP contribution in [0.4, 0.5) is 0 Å². The van der Waals surface area contributed by atoms with Crippen molar-refractivity contribution < 1.29 is 0 Å². The smallest absolute Gasteiger partial charge is 0.277 e. The summed E-state index contributed by atoms with van der Waals surface area (Å²) < 4.78 is 1.89. The largest absolute Gasteiger partial charge is 0.360 e. The van der Waals surface area contributed by atoms with E-state index in [1.165, 1.54) is 11.1 Å². The molecule has 0 saturated carbocycles. The summed E-state index contributed by atoms with van der Waals surface area (Å²) in [6.45, 7) is 5.52. The lowest BCUT2D eigenvalue weighted by Crippen LogP contribution is -2.24. The van der Waals surface area contributed by atoms with Crippen LogP contribution in [0.15, 0.2) is 47.4 Å². The molecule has 0 aliphatic rings. The average Bonchev–Trinajstić information content (AvgIpc) is 3.12. The number of hydrogen-bond acceptors (Lipinski definition) is 3. The van der Waals surface area contributed by atoms with E-state index < -0.39 is 0 Å². The molecule has 0 atom stereocenters. The lowest BCUT2D eigenvalue weighted by Gasteiger charge is -2.14. The fraction of sp³-hybridized carbons (Fsp3) is 0.304. The number of rotatable bonds is 6. The third kappa shape index (κ3) is 3.22. The molecule has 3 N–H and O–H groups in total. The van der Waals surface area contributed by atoms with Gasteiger partial charge in [-0.05, 0) is 62.6 Å². The van der Waals surface area contributed by atoms with E-state index in [4.69, 9.17) is 10.7 Å². The molecule has 0 spiro atoms. The second-order valence-corrected chi connectivity index (χ2v) is 7.44. The zero-order valence-corrected chi connectivity index (χ0v) is 16.5. The van der Waals surface area contributed by atoms with Crippen molar-refractivity contribution >= 4 is 21.9 Å². The first-order valence-corrected chi connectivity index (χ1v) is 9.88. The van der Waals surface area contributed by atoms with E-state index in [9.17, 15) is 4.79 Å². The molecule has 0 saturated heterocycles. The number of nitrogens with two attached hydrogens (primary N) is 1. The molecule has 28 heavy (non-hydrogen) atoms. The predicted octanol–water partition coefficient (Wildman–Crippen LogP) is 4.29. The lowest BCUT2D eigenvalue weighted by molar-refractivity contribution is 0.590. The molecule has 4 aromatic rings. The first-order chi connectivity index (χ1) is 13.6. The third-order valence-corrected chi connectivity index (χ3v) is 5.49. The number of benzene rings is 2. The fourth-order valence-electron chi connectivity index (χ4n) is 3.75. The van der Waals surface area contributed by atoms with Crippen molar-refractivity contribution in [3.05, 3.63) is 64.1 Å². The van der Waals surface area contributed by atoms with Crippen LogP contribution in [0.3, 0.4) is 0 Å². The van der Waals surface area contributed by atoms with Crippen LogP contribution < -0.4 is 11.3 Å². The summed E-state index contributed by atoms with van der Waals surface area (Å²) in [4.78, 5) is 21.5. The summed E-state index contributed by atoms with van der Waals surface area (Å²) in [5.74, 6) is 0. The number of hydrogen-bond donors (Lipinski definition) is 2. The zero-order valence-electron chi connectivity index (χ0n) is 16.5. The highest BCUT2D eigenvalue weighted by Gasteiger charge is 2.16. The highest BCUT2D eigenvalue weighted by molar-refractivity contribution is 5.95. The van der Waals surface area contributed by atoms with Gasteiger partial charge in [0.2, 0.25) is 0 Å². The van der Waals surface area contributed by atoms with Crippen LogP contribution in [0.5, 0.6) is 0 Å². The summed E-state index contributed by atoms with van der Waals surface area (Å²) in [6.07, 6.45) is 4.81. The van der Waals surface area contributed by atoms with Crippen LogP contribution in [-0.2, 0) is 6.54 Å². The molecule has 0 fully saturated rings. The normalized spacial score (nSPS) is 11.5. The van der Waals surface area contributed by atoms with Gasteiger partial charge in [-0.1, -0.05) is 24.6 Å². The number of para-hydroxylation sites is 1. The number of aromatic amines is 1. The fourth-order valence-corrected chi connectivity index (χ4v) is 3.75. The first kappa shape index (κ1) is 18.4. The van der Waals surface area contributed by atoms with Crippen molar-refractivity contribution in [1.82, 2.24) is 14.5 Å². The van der Waals surface area contributed by atoms with Crippen molar-refractivity contribution in [3.63, 3.8) is 0 Å². The van der Waals surface area contributed by atoms with Gasteiger partial charge in [0, 0.05) is 29.2 Å². The molecule has 0 amide bonds. The van der Waals surface area contributed by atoms with Crippen LogP contribution in [0.25, 0.3) is 33.2 Å². The summed E-state index contributed by atoms with van der Waals surface area (Å²) in [6, 6.07) is 12.2. The monoisotopic (exact) mass is 374 g/mol. The van der Waals surface area contributed by atoms with E-state index in [0.717, 1.165) is 46.8 Å². The van der Waals surface area contributed by atoms with Crippen LogP contribution in [-0.4, -0.2) is 21.1 Å². The number of unbranched alkanes of at least 4 members (excludes halogenated alkanes) is 2. The Hall–Kier alpha value is -2.92. The number of nitrogens with one attached hydrogen (secondary N) is 1. The van der Waals surface area contributed by atoms with Gasteiger partial charge in [0.1, 0.15) is 5.69 Å². The Balaban J connectivity index is 1.93. The maximum Gasteiger partial charge on any atom is 0.277 e. The maximum atomic E-state index is 13.4. The van der Waals surface area contributed by atoms with Crippen molar-refractivity contribution in [3.8, 4) is 11.3 Å². The highest BCUT2D eigenvalue weighted by Crippen LogP contribution is 2.27. The van der Waals surface area contributed by atoms with Gasteiger partial charge in [-0.3, -0.25) is 4.79 Å². The van der Waals surface area contributed by atoms with Gasteiger partial charge in [0.15, 0.2) is 0 Å². The molecular formula is C23H26N4O. The first-order valence-electron chi connectivity index (χ1n) is 9.88. The predicted molar refractivity (Wildman–Crippen MR) is 116 cm³/mol. The molecule has 5 heteroatoms. The van der Waals surface area contributed by atoms with Crippen LogP contribution in [0.1, 0.15) is 30.4 Å². The molecule has 0 bridgehead atoms. The van der Waals surface area contributed by atoms with E-state index in [0.29, 0.717) is 18.8 Å². The number of fused-ring (bicyclic) bond motifs is 2. The average molecular weight is 374 g/mol. The lowest BCUT2D eigenvalue weighted by atomic mass is 10.1. The Morgan fingerprint density at radius 2 is 1.86 bits per heavy atom. The van der Waals surface area contributed by atoms with E-state index in [2.05, 4.69) is 31.0 Å². The Labute approximate surface area is 164 Å². The molecule has 2 aromatic carbocycles. The number of aromatic nitrogens is 3. The van der Waals surface area contributed by atoms with Crippen molar-refractivity contribution in [2.75, 3.05) is 6.54 Å². The van der Waals surface area contributed by atoms with Gasteiger partial charge < -0.3 is 15.3 Å². The van der Waals surface area contributed by atoms with E-state index >= 15 is 0 Å². The van der Waals surface area contributed by atoms with Crippen LogP contribution >= 0.6 is 0 Å². The van der Waals surface area contributed by atoms with Crippen LogP contribution in [0.2, 0.25) is 0 Å². The Kier molecular flexibility index (Phi) is 5.01. The van der Waals surface area contributed by atoms with Gasteiger partial charge >= 0.3 is 0 Å². The van der Waals surface area contributed by atoms with Crippen molar-refractivity contribution in [1.29, 1.82) is 0 Å². The van der Waals surface area contributed by atoms with E-state index in [1.807, 2.05) is 35.0 Å². The Bertz CT molecular complexity index is 1200. The molecule has 0 aliphatic carbocycles. The van der Waals surface area contributed by atoms with Crippen molar-refractivity contribution in [2.24, 2.45) is 5.73 Å². The summed E-state index contributed by atoms with van der Waals surface area (Å²) >= 11 is 0. The van der Waals surface area contributed by atoms with Gasteiger partial charge in [-0.2, -0.15) is 0 Å². The molecule has 2 aromatic heterocycles. The molecule has 2 heterocycles. The van der Waals surface area contributed by atoms with Gasteiger partial charge in [0.25, 0.3) is 5.56 Å². The van der Waals surface area contributed by atoms with Gasteiger partial charge in [-0.15, -0.1) is 0 Å². The molecule has 0 radical (unpaired) electrons. The second-order valence-electron chi connectivity index (χ2n) is 7.44. The standard InChI is InChI=1S/C23H26N4O/c1-15-12-20-21(13-16(15)2)27(11-7-3-6-10-24)23(28)22(26-20)18-14-25-19-9-5-4-8-17(18)19/h4-5,8-9,12-14,25H,3,6-7,10-11,24H2,1-2H3. The quantitative estimate of drug-likeness (QED) is 0.494. The summed E-state index contributed by atoms with van der Waals surface area (Å²) in [5, 5.41) is 1.02. The van der Waals surface area contributed by atoms with Gasteiger partial charge in [-0.25, -0.2) is 4.98 Å². The SMILES string of the molecule is Cc1cc2nc(-c3c[nH]c4ccccc34)c(=O)n(CCCCCN)c2cc1C. The van der Waals surface area contributed by atoms with Gasteiger partial charge in [0.05, 0.1) is 11.0 Å². The maximum absolute atomic E-state index is 13.4. The van der Waals surface area contributed by atoms with Crippen molar-refractivity contribution in [2.45, 2.75) is 39.7 Å². The molecule has 0 unspecified atom stereocenters. The highest BCUT2D eigenvalue weighted by atomic mass is 16.1. The molecule has 4 rings (SSSR count). The molecular weight excluding hydrogens is 348 g/mol. The molecule has 0 aliphatic heterocycles.